The SMILES string of the molecule is CC(NCCc1cccc(Br)c1)c1cccc(COC2=Nn3c(nnc3C(F)(F)F)C3CC=CC=C23)n1. The van der Waals surface area contributed by atoms with Crippen LogP contribution in [0.1, 0.15) is 53.9 Å². The fraction of sp³-hybridized carbons (Fsp3) is 0.308. The molecule has 37 heavy (non-hydrogen) atoms. The first kappa shape index (κ1) is 25.3. The standard InChI is InChI=1S/C26H24BrF3N6O/c1-16(31-13-12-17-6-4-7-18(27)14-17)22-11-5-8-19(32-22)15-37-24-21-10-3-2-9-20(21)23-33-34-25(26(28,29)30)36(23)35-24/h2-8,10-11,14,16,20,31H,9,12-13,15H2,1H3. The predicted molar refractivity (Wildman–Crippen MR) is 136 cm³/mol. The lowest BCUT2D eigenvalue weighted by Crippen LogP contribution is -2.27. The lowest BCUT2D eigenvalue weighted by molar-refractivity contribution is -0.147. The summed E-state index contributed by atoms with van der Waals surface area (Å²) in [7, 11) is 0. The summed E-state index contributed by atoms with van der Waals surface area (Å²) in [5.74, 6) is -1.31. The molecule has 0 bridgehead atoms. The largest absolute Gasteiger partial charge is 0.470 e. The highest BCUT2D eigenvalue weighted by Gasteiger charge is 2.43. The van der Waals surface area contributed by atoms with Crippen LogP contribution in [0.15, 0.2) is 75.8 Å². The van der Waals surface area contributed by atoms with Gasteiger partial charge in [0.05, 0.1) is 17.3 Å². The van der Waals surface area contributed by atoms with Crippen molar-refractivity contribution in [1.82, 2.24) is 25.2 Å². The zero-order valence-corrected chi connectivity index (χ0v) is 21.5. The summed E-state index contributed by atoms with van der Waals surface area (Å²) in [4.78, 5) is 4.70. The number of ether oxygens (including phenoxy) is 1. The number of fused-ring (bicyclic) bond motifs is 3. The predicted octanol–water partition coefficient (Wildman–Crippen LogP) is 5.71. The van der Waals surface area contributed by atoms with Crippen molar-refractivity contribution < 1.29 is 17.9 Å². The van der Waals surface area contributed by atoms with E-state index in [2.05, 4.69) is 48.7 Å². The van der Waals surface area contributed by atoms with Crippen molar-refractivity contribution in [3.8, 4) is 0 Å². The topological polar surface area (TPSA) is 77.2 Å². The number of rotatable bonds is 7. The molecule has 2 unspecified atom stereocenters. The average Bonchev–Trinajstić information content (AvgIpc) is 3.32. The van der Waals surface area contributed by atoms with Crippen LogP contribution in [0.4, 0.5) is 13.2 Å². The number of hydrogen-bond donors (Lipinski definition) is 1. The number of nitrogens with one attached hydrogen (secondary N) is 1. The molecular formula is C26H24BrF3N6O. The van der Waals surface area contributed by atoms with Crippen molar-refractivity contribution in [2.45, 2.75) is 44.5 Å². The quantitative estimate of drug-likeness (QED) is 0.392. The Kier molecular flexibility index (Phi) is 7.25. The molecule has 1 aliphatic carbocycles. The van der Waals surface area contributed by atoms with Gasteiger partial charge in [-0.3, -0.25) is 4.98 Å². The maximum Gasteiger partial charge on any atom is 0.453 e. The van der Waals surface area contributed by atoms with Gasteiger partial charge in [0.15, 0.2) is 5.82 Å². The summed E-state index contributed by atoms with van der Waals surface area (Å²) in [5.41, 5.74) is 3.40. The number of pyridine rings is 1. The average molecular weight is 573 g/mol. The van der Waals surface area contributed by atoms with E-state index < -0.39 is 17.9 Å². The van der Waals surface area contributed by atoms with Gasteiger partial charge in [-0.15, -0.1) is 15.3 Å². The Labute approximate surface area is 220 Å². The van der Waals surface area contributed by atoms with E-state index in [4.69, 9.17) is 9.72 Å². The van der Waals surface area contributed by atoms with Gasteiger partial charge in [0, 0.05) is 16.1 Å². The molecule has 2 aliphatic rings. The third-order valence-electron chi connectivity index (χ3n) is 6.21. The van der Waals surface area contributed by atoms with E-state index in [-0.39, 0.29) is 24.4 Å². The second kappa shape index (κ2) is 10.6. The third-order valence-corrected chi connectivity index (χ3v) is 6.70. The van der Waals surface area contributed by atoms with Crippen LogP contribution < -0.4 is 5.32 Å². The van der Waals surface area contributed by atoms with Gasteiger partial charge in [0.1, 0.15) is 6.61 Å². The van der Waals surface area contributed by atoms with E-state index in [1.807, 2.05) is 49.4 Å². The Morgan fingerprint density at radius 3 is 2.84 bits per heavy atom. The van der Waals surface area contributed by atoms with Crippen LogP contribution in [0.2, 0.25) is 0 Å². The molecule has 2 aromatic heterocycles. The summed E-state index contributed by atoms with van der Waals surface area (Å²) in [6.45, 7) is 2.88. The second-order valence-electron chi connectivity index (χ2n) is 8.83. The minimum Gasteiger partial charge on any atom is -0.470 e. The van der Waals surface area contributed by atoms with E-state index in [0.29, 0.717) is 17.7 Å². The maximum atomic E-state index is 13.5. The lowest BCUT2D eigenvalue weighted by Gasteiger charge is -2.26. The molecule has 192 valence electrons. The first-order valence-corrected chi connectivity index (χ1v) is 12.6. The number of hydrogen-bond acceptors (Lipinski definition) is 6. The molecule has 0 saturated carbocycles. The molecule has 7 nitrogen and oxygen atoms in total. The first-order valence-electron chi connectivity index (χ1n) is 11.8. The molecule has 3 aromatic rings. The van der Waals surface area contributed by atoms with Crippen LogP contribution in [0.3, 0.4) is 0 Å². The normalized spacial score (nSPS) is 17.5. The van der Waals surface area contributed by atoms with E-state index >= 15 is 0 Å². The molecule has 3 heterocycles. The van der Waals surface area contributed by atoms with Gasteiger partial charge in [0.2, 0.25) is 5.90 Å². The lowest BCUT2D eigenvalue weighted by atomic mass is 9.90. The fourth-order valence-corrected chi connectivity index (χ4v) is 4.78. The Morgan fingerprint density at radius 1 is 1.19 bits per heavy atom. The molecule has 0 saturated heterocycles. The summed E-state index contributed by atoms with van der Waals surface area (Å²) in [6.07, 6.45) is 2.19. The van der Waals surface area contributed by atoms with E-state index in [1.54, 1.807) is 6.08 Å². The smallest absolute Gasteiger partial charge is 0.453 e. The highest BCUT2D eigenvalue weighted by atomic mass is 79.9. The van der Waals surface area contributed by atoms with Crippen molar-refractivity contribution in [3.05, 3.63) is 99.3 Å². The Bertz CT molecular complexity index is 1380. The first-order chi connectivity index (χ1) is 17.8. The van der Waals surface area contributed by atoms with E-state index in [0.717, 1.165) is 27.8 Å². The number of benzene rings is 1. The zero-order chi connectivity index (χ0) is 26.0. The minimum absolute atomic E-state index is 0.00335. The molecule has 0 fully saturated rings. The molecular weight excluding hydrogens is 549 g/mol. The number of aromatic nitrogens is 4. The van der Waals surface area contributed by atoms with Crippen LogP contribution >= 0.6 is 15.9 Å². The number of nitrogens with zero attached hydrogens (tertiary/aromatic N) is 5. The van der Waals surface area contributed by atoms with E-state index in [9.17, 15) is 13.2 Å². The summed E-state index contributed by atoms with van der Waals surface area (Å²) in [5, 5.41) is 14.7. The van der Waals surface area contributed by atoms with Crippen LogP contribution in [0.5, 0.6) is 0 Å². The van der Waals surface area contributed by atoms with Gasteiger partial charge in [-0.05, 0) is 56.1 Å². The molecule has 0 amide bonds. The third kappa shape index (κ3) is 5.67. The Hall–Kier alpha value is -3.31. The second-order valence-corrected chi connectivity index (χ2v) is 9.75. The van der Waals surface area contributed by atoms with Gasteiger partial charge in [0.25, 0.3) is 5.82 Å². The highest BCUT2D eigenvalue weighted by Crippen LogP contribution is 2.38. The molecule has 1 N–H and O–H groups in total. The van der Waals surface area contributed by atoms with Crippen LogP contribution in [-0.2, 0) is 23.9 Å². The van der Waals surface area contributed by atoms with Crippen molar-refractivity contribution in [2.24, 2.45) is 5.10 Å². The summed E-state index contributed by atoms with van der Waals surface area (Å²) < 4.78 is 48.1. The zero-order valence-electron chi connectivity index (χ0n) is 19.9. The monoisotopic (exact) mass is 572 g/mol. The van der Waals surface area contributed by atoms with Gasteiger partial charge < -0.3 is 10.1 Å². The van der Waals surface area contributed by atoms with Gasteiger partial charge in [-0.1, -0.05) is 52.4 Å². The van der Waals surface area contributed by atoms with Crippen molar-refractivity contribution in [2.75, 3.05) is 6.54 Å². The molecule has 11 heteroatoms. The van der Waals surface area contributed by atoms with E-state index in [1.165, 1.54) is 5.56 Å². The number of alkyl halides is 3. The van der Waals surface area contributed by atoms with Crippen molar-refractivity contribution in [3.63, 3.8) is 0 Å². The number of halogens is 4. The Balaban J connectivity index is 1.27. The van der Waals surface area contributed by atoms with Crippen molar-refractivity contribution >= 4 is 21.8 Å². The maximum absolute atomic E-state index is 13.5. The van der Waals surface area contributed by atoms with Gasteiger partial charge in [-0.25, -0.2) is 0 Å². The summed E-state index contributed by atoms with van der Waals surface area (Å²) in [6, 6.07) is 13.8. The van der Waals surface area contributed by atoms with Crippen LogP contribution in [-0.4, -0.2) is 32.3 Å². The van der Waals surface area contributed by atoms with Crippen LogP contribution in [0.25, 0.3) is 0 Å². The molecule has 2 atom stereocenters. The number of allylic oxidation sites excluding steroid dienone is 3. The molecule has 1 aromatic carbocycles. The van der Waals surface area contributed by atoms with Crippen LogP contribution in [0, 0.1) is 0 Å². The molecule has 0 radical (unpaired) electrons. The minimum atomic E-state index is -4.68. The highest BCUT2D eigenvalue weighted by molar-refractivity contribution is 9.10. The summed E-state index contributed by atoms with van der Waals surface area (Å²) >= 11 is 3.49. The molecule has 5 rings (SSSR count). The van der Waals surface area contributed by atoms with Gasteiger partial charge >= 0.3 is 6.18 Å². The molecule has 0 spiro atoms. The van der Waals surface area contributed by atoms with Gasteiger partial charge in [-0.2, -0.15) is 17.8 Å². The Morgan fingerprint density at radius 2 is 2.03 bits per heavy atom. The fourth-order valence-electron chi connectivity index (χ4n) is 4.33. The molecule has 1 aliphatic heterocycles. The van der Waals surface area contributed by atoms with Crippen molar-refractivity contribution in [1.29, 1.82) is 0 Å².